The zero-order chi connectivity index (χ0) is 19.2. The summed E-state index contributed by atoms with van der Waals surface area (Å²) in [7, 11) is 0. The van der Waals surface area contributed by atoms with E-state index in [2.05, 4.69) is 51.3 Å². The Labute approximate surface area is 171 Å². The third-order valence-electron chi connectivity index (χ3n) is 5.73. The number of nitrogens with zero attached hydrogens (tertiary/aromatic N) is 1. The molecule has 0 unspecified atom stereocenters. The van der Waals surface area contributed by atoms with Crippen molar-refractivity contribution in [2.75, 3.05) is 19.6 Å². The van der Waals surface area contributed by atoms with Gasteiger partial charge in [0.1, 0.15) is 0 Å². The van der Waals surface area contributed by atoms with Crippen LogP contribution in [0.2, 0.25) is 0 Å². The number of thiophene rings is 1. The van der Waals surface area contributed by atoms with Gasteiger partial charge in [-0.3, -0.25) is 9.69 Å². The summed E-state index contributed by atoms with van der Waals surface area (Å²) in [5.74, 6) is 0.103. The quantitative estimate of drug-likeness (QED) is 0.627. The largest absolute Gasteiger partial charge is 0.354 e. The minimum atomic E-state index is 0.103. The van der Waals surface area contributed by atoms with E-state index in [4.69, 9.17) is 0 Å². The Kier molecular flexibility index (Phi) is 6.40. The maximum atomic E-state index is 12.8. The SMILES string of the molecule is O=C(Cc1cccc2ccccc12)NC[C@H](c1ccsc1)N1CCCCCC1. The minimum Gasteiger partial charge on any atom is -0.354 e. The third-order valence-corrected chi connectivity index (χ3v) is 6.43. The first-order valence-corrected chi connectivity index (χ1v) is 11.2. The average Bonchev–Trinajstić information content (AvgIpc) is 3.11. The summed E-state index contributed by atoms with van der Waals surface area (Å²) in [6, 6.07) is 17.0. The van der Waals surface area contributed by atoms with Gasteiger partial charge in [0, 0.05) is 6.54 Å². The van der Waals surface area contributed by atoms with E-state index in [-0.39, 0.29) is 11.9 Å². The molecule has 1 aliphatic heterocycles. The van der Waals surface area contributed by atoms with Crippen LogP contribution in [0.4, 0.5) is 0 Å². The van der Waals surface area contributed by atoms with Crippen LogP contribution in [0.5, 0.6) is 0 Å². The van der Waals surface area contributed by atoms with Gasteiger partial charge in [-0.25, -0.2) is 0 Å². The number of carbonyl (C=O) groups is 1. The fraction of sp³-hybridized carbons (Fsp3) is 0.375. The van der Waals surface area contributed by atoms with E-state index in [1.54, 1.807) is 11.3 Å². The predicted octanol–water partition coefficient (Wildman–Crippen LogP) is 5.18. The maximum Gasteiger partial charge on any atom is 0.224 e. The zero-order valence-electron chi connectivity index (χ0n) is 16.3. The molecule has 2 aromatic carbocycles. The van der Waals surface area contributed by atoms with E-state index >= 15 is 0 Å². The van der Waals surface area contributed by atoms with Crippen LogP contribution in [-0.4, -0.2) is 30.4 Å². The molecular formula is C24H28N2OS. The number of benzene rings is 2. The van der Waals surface area contributed by atoms with Crippen LogP contribution in [0.1, 0.15) is 42.9 Å². The molecule has 146 valence electrons. The molecule has 3 nitrogen and oxygen atoms in total. The smallest absolute Gasteiger partial charge is 0.224 e. The number of fused-ring (bicyclic) bond motifs is 1. The van der Waals surface area contributed by atoms with Crippen molar-refractivity contribution >= 4 is 28.0 Å². The molecule has 3 aromatic rings. The van der Waals surface area contributed by atoms with Crippen LogP contribution in [0.15, 0.2) is 59.3 Å². The van der Waals surface area contributed by atoms with Crippen molar-refractivity contribution in [3.63, 3.8) is 0 Å². The van der Waals surface area contributed by atoms with Crippen LogP contribution >= 0.6 is 11.3 Å². The monoisotopic (exact) mass is 392 g/mol. The van der Waals surface area contributed by atoms with E-state index in [1.807, 2.05) is 18.2 Å². The molecule has 4 heteroatoms. The summed E-state index contributed by atoms with van der Waals surface area (Å²) in [4.78, 5) is 15.3. The number of amides is 1. The van der Waals surface area contributed by atoms with Crippen molar-refractivity contribution in [2.24, 2.45) is 0 Å². The van der Waals surface area contributed by atoms with Gasteiger partial charge in [-0.1, -0.05) is 55.3 Å². The number of nitrogens with one attached hydrogen (secondary N) is 1. The molecule has 0 saturated carbocycles. The van der Waals surface area contributed by atoms with Crippen molar-refractivity contribution in [3.05, 3.63) is 70.4 Å². The zero-order valence-corrected chi connectivity index (χ0v) is 17.1. The molecule has 1 saturated heterocycles. The van der Waals surface area contributed by atoms with Gasteiger partial charge >= 0.3 is 0 Å². The molecule has 1 fully saturated rings. The highest BCUT2D eigenvalue weighted by Gasteiger charge is 2.22. The van der Waals surface area contributed by atoms with E-state index in [9.17, 15) is 4.79 Å². The number of hydrogen-bond acceptors (Lipinski definition) is 3. The van der Waals surface area contributed by atoms with Gasteiger partial charge < -0.3 is 5.32 Å². The van der Waals surface area contributed by atoms with Gasteiger partial charge in [0.15, 0.2) is 0 Å². The van der Waals surface area contributed by atoms with Crippen molar-refractivity contribution in [3.8, 4) is 0 Å². The number of likely N-dealkylation sites (tertiary alicyclic amines) is 1. The van der Waals surface area contributed by atoms with Gasteiger partial charge in [-0.15, -0.1) is 0 Å². The molecule has 2 heterocycles. The van der Waals surface area contributed by atoms with E-state index in [1.165, 1.54) is 42.0 Å². The molecule has 1 aromatic heterocycles. The molecule has 1 atom stereocenters. The predicted molar refractivity (Wildman–Crippen MR) is 118 cm³/mol. The Hall–Kier alpha value is -2.17. The van der Waals surface area contributed by atoms with Gasteiger partial charge in [-0.05, 0) is 64.7 Å². The lowest BCUT2D eigenvalue weighted by atomic mass is 10.0. The van der Waals surface area contributed by atoms with Crippen molar-refractivity contribution in [2.45, 2.75) is 38.1 Å². The molecule has 28 heavy (non-hydrogen) atoms. The first kappa shape index (κ1) is 19.2. The molecule has 0 spiro atoms. The second-order valence-electron chi connectivity index (χ2n) is 7.64. The van der Waals surface area contributed by atoms with Crippen LogP contribution in [-0.2, 0) is 11.2 Å². The summed E-state index contributed by atoms with van der Waals surface area (Å²) < 4.78 is 0. The normalized spacial score (nSPS) is 16.6. The summed E-state index contributed by atoms with van der Waals surface area (Å²) in [5.41, 5.74) is 2.43. The fourth-order valence-corrected chi connectivity index (χ4v) is 4.93. The van der Waals surface area contributed by atoms with Gasteiger partial charge in [0.25, 0.3) is 0 Å². The van der Waals surface area contributed by atoms with Crippen molar-refractivity contribution < 1.29 is 4.79 Å². The third kappa shape index (κ3) is 4.62. The van der Waals surface area contributed by atoms with Crippen molar-refractivity contribution in [1.29, 1.82) is 0 Å². The van der Waals surface area contributed by atoms with Gasteiger partial charge in [0.2, 0.25) is 5.91 Å². The molecule has 1 N–H and O–H groups in total. The molecule has 4 rings (SSSR count). The van der Waals surface area contributed by atoms with E-state index in [0.717, 1.165) is 18.7 Å². The second-order valence-corrected chi connectivity index (χ2v) is 8.42. The Morgan fingerprint density at radius 1 is 1.00 bits per heavy atom. The van der Waals surface area contributed by atoms with Crippen LogP contribution in [0.3, 0.4) is 0 Å². The standard InChI is InChI=1S/C24H28N2OS/c27-24(16-20-10-7-9-19-8-3-4-11-22(19)20)25-17-23(21-12-15-28-18-21)26-13-5-1-2-6-14-26/h3-4,7-12,15,18,23H,1-2,5-6,13-14,16-17H2,(H,25,27)/t23-/m1/s1. The Bertz CT molecular complexity index is 893. The molecule has 0 aliphatic carbocycles. The first-order valence-electron chi connectivity index (χ1n) is 10.3. The number of carbonyl (C=O) groups excluding carboxylic acids is 1. The second kappa shape index (κ2) is 9.35. The number of hydrogen-bond donors (Lipinski definition) is 1. The highest BCUT2D eigenvalue weighted by Crippen LogP contribution is 2.26. The average molecular weight is 393 g/mol. The Balaban J connectivity index is 1.44. The van der Waals surface area contributed by atoms with Gasteiger partial charge in [-0.2, -0.15) is 11.3 Å². The molecule has 0 radical (unpaired) electrons. The van der Waals surface area contributed by atoms with Crippen LogP contribution < -0.4 is 5.32 Å². The Morgan fingerprint density at radius 2 is 1.79 bits per heavy atom. The molecular weight excluding hydrogens is 364 g/mol. The van der Waals surface area contributed by atoms with Crippen LogP contribution in [0.25, 0.3) is 10.8 Å². The minimum absolute atomic E-state index is 0.103. The van der Waals surface area contributed by atoms with Crippen LogP contribution in [0, 0.1) is 0 Å². The van der Waals surface area contributed by atoms with E-state index in [0.29, 0.717) is 13.0 Å². The highest BCUT2D eigenvalue weighted by atomic mass is 32.1. The summed E-state index contributed by atoms with van der Waals surface area (Å²) in [6.07, 6.45) is 5.58. The highest BCUT2D eigenvalue weighted by molar-refractivity contribution is 7.07. The Morgan fingerprint density at radius 3 is 2.57 bits per heavy atom. The topological polar surface area (TPSA) is 32.3 Å². The summed E-state index contributed by atoms with van der Waals surface area (Å²) in [5, 5.41) is 9.95. The first-order chi connectivity index (χ1) is 13.8. The van der Waals surface area contributed by atoms with E-state index < -0.39 is 0 Å². The summed E-state index contributed by atoms with van der Waals surface area (Å²) >= 11 is 1.74. The summed E-state index contributed by atoms with van der Waals surface area (Å²) in [6.45, 7) is 2.93. The molecule has 0 bridgehead atoms. The lowest BCUT2D eigenvalue weighted by Gasteiger charge is -2.30. The van der Waals surface area contributed by atoms with Crippen molar-refractivity contribution in [1.82, 2.24) is 10.2 Å². The number of rotatable bonds is 6. The lowest BCUT2D eigenvalue weighted by molar-refractivity contribution is -0.120. The molecule has 1 aliphatic rings. The maximum absolute atomic E-state index is 12.8. The fourth-order valence-electron chi connectivity index (χ4n) is 4.22. The lowest BCUT2D eigenvalue weighted by Crippen LogP contribution is -2.39. The van der Waals surface area contributed by atoms with Gasteiger partial charge in [0.05, 0.1) is 12.5 Å². The molecule has 1 amide bonds.